The first kappa shape index (κ1) is 15.8. The third-order valence-corrected chi connectivity index (χ3v) is 4.66. The Balaban J connectivity index is 1.75. The average molecular weight is 305 g/mol. The standard InChI is InChI=1S/C18H27NO3/c1-17(2)13-18(10-12-21-17)9-11-20-16(22-18)14-5-7-15(8-6-14)19(3)4/h5-8,16H,9-13H2,1-4H3/t16-,18+/m0/s1. The lowest BCUT2D eigenvalue weighted by Gasteiger charge is -2.48. The SMILES string of the molecule is CN(C)c1ccc([C@H]2OCC[C@]3(CCOC(C)(C)C3)O2)cc1. The third-order valence-electron chi connectivity index (χ3n) is 4.66. The van der Waals surface area contributed by atoms with Gasteiger partial charge in [0.25, 0.3) is 0 Å². The van der Waals surface area contributed by atoms with Gasteiger partial charge >= 0.3 is 0 Å². The molecule has 1 spiro atoms. The van der Waals surface area contributed by atoms with Gasteiger partial charge in [0.15, 0.2) is 6.29 Å². The fourth-order valence-corrected chi connectivity index (χ4v) is 3.51. The van der Waals surface area contributed by atoms with Crippen molar-refractivity contribution in [2.75, 3.05) is 32.2 Å². The van der Waals surface area contributed by atoms with E-state index in [9.17, 15) is 0 Å². The zero-order valence-electron chi connectivity index (χ0n) is 14.1. The summed E-state index contributed by atoms with van der Waals surface area (Å²) in [5.74, 6) is 0. The molecule has 4 nitrogen and oxygen atoms in total. The van der Waals surface area contributed by atoms with Crippen LogP contribution >= 0.6 is 0 Å². The maximum absolute atomic E-state index is 6.42. The molecule has 1 aromatic rings. The number of nitrogens with zero attached hydrogens (tertiary/aromatic N) is 1. The van der Waals surface area contributed by atoms with Gasteiger partial charge in [0.05, 0.1) is 24.4 Å². The van der Waals surface area contributed by atoms with E-state index in [1.807, 2.05) is 14.1 Å². The van der Waals surface area contributed by atoms with E-state index < -0.39 is 0 Å². The van der Waals surface area contributed by atoms with E-state index in [1.54, 1.807) is 0 Å². The largest absolute Gasteiger partial charge is 0.378 e. The molecule has 0 bridgehead atoms. The molecule has 2 saturated heterocycles. The highest BCUT2D eigenvalue weighted by Crippen LogP contribution is 2.43. The van der Waals surface area contributed by atoms with Gasteiger partial charge in [-0.1, -0.05) is 12.1 Å². The predicted molar refractivity (Wildman–Crippen MR) is 87.2 cm³/mol. The number of ether oxygens (including phenoxy) is 3. The second kappa shape index (κ2) is 5.84. The maximum atomic E-state index is 6.42. The van der Waals surface area contributed by atoms with Crippen LogP contribution in [0.25, 0.3) is 0 Å². The summed E-state index contributed by atoms with van der Waals surface area (Å²) in [7, 11) is 4.09. The molecule has 1 aromatic carbocycles. The smallest absolute Gasteiger partial charge is 0.184 e. The maximum Gasteiger partial charge on any atom is 0.184 e. The Morgan fingerprint density at radius 2 is 1.73 bits per heavy atom. The first-order valence-electron chi connectivity index (χ1n) is 8.10. The van der Waals surface area contributed by atoms with Crippen molar-refractivity contribution in [3.8, 4) is 0 Å². The van der Waals surface area contributed by atoms with Crippen LogP contribution in [0.1, 0.15) is 45.0 Å². The van der Waals surface area contributed by atoms with Crippen molar-refractivity contribution in [2.45, 2.75) is 50.6 Å². The van der Waals surface area contributed by atoms with Crippen LogP contribution in [0.4, 0.5) is 5.69 Å². The van der Waals surface area contributed by atoms with Gasteiger partial charge in [-0.05, 0) is 26.0 Å². The van der Waals surface area contributed by atoms with Crippen molar-refractivity contribution in [1.29, 1.82) is 0 Å². The Morgan fingerprint density at radius 1 is 1.05 bits per heavy atom. The van der Waals surface area contributed by atoms with Crippen LogP contribution in [0.2, 0.25) is 0 Å². The lowest BCUT2D eigenvalue weighted by Crippen LogP contribution is -2.50. The molecule has 2 atom stereocenters. The highest BCUT2D eigenvalue weighted by Gasteiger charge is 2.45. The highest BCUT2D eigenvalue weighted by molar-refractivity contribution is 5.46. The molecule has 3 rings (SSSR count). The van der Waals surface area contributed by atoms with Crippen LogP contribution in [0.5, 0.6) is 0 Å². The molecule has 0 N–H and O–H groups in total. The van der Waals surface area contributed by atoms with E-state index >= 15 is 0 Å². The molecule has 0 radical (unpaired) electrons. The molecule has 2 aliphatic heterocycles. The molecular weight excluding hydrogens is 278 g/mol. The number of anilines is 1. The van der Waals surface area contributed by atoms with Crippen molar-refractivity contribution in [1.82, 2.24) is 0 Å². The summed E-state index contributed by atoms with van der Waals surface area (Å²) in [6.07, 6.45) is 2.56. The molecule has 0 aromatic heterocycles. The number of benzene rings is 1. The minimum Gasteiger partial charge on any atom is -0.378 e. The van der Waals surface area contributed by atoms with Crippen molar-refractivity contribution in [2.24, 2.45) is 0 Å². The summed E-state index contributed by atoms with van der Waals surface area (Å²) in [6, 6.07) is 8.42. The summed E-state index contributed by atoms with van der Waals surface area (Å²) >= 11 is 0. The van der Waals surface area contributed by atoms with Gasteiger partial charge in [0.2, 0.25) is 0 Å². The molecular formula is C18H27NO3. The minimum absolute atomic E-state index is 0.106. The molecule has 2 aliphatic rings. The van der Waals surface area contributed by atoms with Gasteiger partial charge in [-0.15, -0.1) is 0 Å². The second-order valence-corrected chi connectivity index (χ2v) is 7.27. The summed E-state index contributed by atoms with van der Waals surface area (Å²) in [6.45, 7) is 5.80. The summed E-state index contributed by atoms with van der Waals surface area (Å²) in [4.78, 5) is 2.09. The quantitative estimate of drug-likeness (QED) is 0.836. The van der Waals surface area contributed by atoms with Crippen molar-refractivity contribution in [3.05, 3.63) is 29.8 Å². The van der Waals surface area contributed by atoms with Crippen molar-refractivity contribution >= 4 is 5.69 Å². The van der Waals surface area contributed by atoms with Crippen LogP contribution in [0.15, 0.2) is 24.3 Å². The number of hydrogen-bond acceptors (Lipinski definition) is 4. The van der Waals surface area contributed by atoms with Gasteiger partial charge in [-0.25, -0.2) is 0 Å². The Labute approximate surface area is 133 Å². The van der Waals surface area contributed by atoms with Gasteiger partial charge in [0, 0.05) is 44.6 Å². The van der Waals surface area contributed by atoms with Crippen LogP contribution in [0, 0.1) is 0 Å². The first-order valence-corrected chi connectivity index (χ1v) is 8.10. The molecule has 0 saturated carbocycles. The molecule has 4 heteroatoms. The Bertz CT molecular complexity index is 508. The minimum atomic E-state index is -0.265. The van der Waals surface area contributed by atoms with Crippen LogP contribution in [-0.4, -0.2) is 38.5 Å². The topological polar surface area (TPSA) is 30.9 Å². The molecule has 0 aliphatic carbocycles. The molecule has 0 amide bonds. The van der Waals surface area contributed by atoms with Crippen LogP contribution in [-0.2, 0) is 14.2 Å². The van der Waals surface area contributed by atoms with E-state index in [0.29, 0.717) is 0 Å². The Hall–Kier alpha value is -1.10. The van der Waals surface area contributed by atoms with E-state index in [2.05, 4.69) is 43.0 Å². The monoisotopic (exact) mass is 305 g/mol. The lowest BCUT2D eigenvalue weighted by atomic mass is 9.81. The van der Waals surface area contributed by atoms with Crippen LogP contribution < -0.4 is 4.90 Å². The third kappa shape index (κ3) is 3.29. The highest BCUT2D eigenvalue weighted by atomic mass is 16.7. The summed E-state index contributed by atoms with van der Waals surface area (Å²) < 4.78 is 18.2. The second-order valence-electron chi connectivity index (χ2n) is 7.27. The molecule has 0 unspecified atom stereocenters. The van der Waals surface area contributed by atoms with E-state index in [-0.39, 0.29) is 17.5 Å². The van der Waals surface area contributed by atoms with Gasteiger partial charge < -0.3 is 19.1 Å². The molecule has 122 valence electrons. The van der Waals surface area contributed by atoms with Gasteiger partial charge in [-0.2, -0.15) is 0 Å². The lowest BCUT2D eigenvalue weighted by molar-refractivity contribution is -0.293. The van der Waals surface area contributed by atoms with Gasteiger partial charge in [-0.3, -0.25) is 0 Å². The Kier molecular flexibility index (Phi) is 4.19. The summed E-state index contributed by atoms with van der Waals surface area (Å²) in [5.41, 5.74) is 2.05. The molecule has 2 fully saturated rings. The van der Waals surface area contributed by atoms with E-state index in [1.165, 1.54) is 5.69 Å². The van der Waals surface area contributed by atoms with Gasteiger partial charge in [0.1, 0.15) is 0 Å². The fourth-order valence-electron chi connectivity index (χ4n) is 3.51. The predicted octanol–water partition coefficient (Wildman–Crippen LogP) is 3.52. The normalized spacial score (nSPS) is 31.2. The molecule has 2 heterocycles. The molecule has 22 heavy (non-hydrogen) atoms. The first-order chi connectivity index (χ1) is 10.4. The number of hydrogen-bond donors (Lipinski definition) is 0. The zero-order chi connectivity index (χ0) is 15.8. The Morgan fingerprint density at radius 3 is 2.36 bits per heavy atom. The zero-order valence-corrected chi connectivity index (χ0v) is 14.1. The van der Waals surface area contributed by atoms with Crippen molar-refractivity contribution in [3.63, 3.8) is 0 Å². The van der Waals surface area contributed by atoms with E-state index in [4.69, 9.17) is 14.2 Å². The summed E-state index contributed by atoms with van der Waals surface area (Å²) in [5, 5.41) is 0. The number of rotatable bonds is 2. The average Bonchev–Trinajstić information content (AvgIpc) is 2.46. The fraction of sp³-hybridized carbons (Fsp3) is 0.667. The van der Waals surface area contributed by atoms with E-state index in [0.717, 1.165) is 38.0 Å². The van der Waals surface area contributed by atoms with Crippen LogP contribution in [0.3, 0.4) is 0 Å². The van der Waals surface area contributed by atoms with Crippen molar-refractivity contribution < 1.29 is 14.2 Å².